The van der Waals surface area contributed by atoms with E-state index in [2.05, 4.69) is 5.32 Å². The van der Waals surface area contributed by atoms with Gasteiger partial charge in [0.15, 0.2) is 0 Å². The lowest BCUT2D eigenvalue weighted by atomic mass is 10.4. The number of nitrogens with one attached hydrogen (secondary N) is 1. The van der Waals surface area contributed by atoms with Gasteiger partial charge in [0.05, 0.1) is 6.26 Å². The van der Waals surface area contributed by atoms with Crippen LogP contribution in [0.3, 0.4) is 0 Å². The van der Waals surface area contributed by atoms with Crippen LogP contribution >= 0.6 is 0 Å². The highest BCUT2D eigenvalue weighted by Gasteiger charge is 2.16. The number of likely N-dealkylation sites (N-methyl/N-ethyl adjacent to an activating group) is 1. The molecule has 0 radical (unpaired) electrons. The van der Waals surface area contributed by atoms with Gasteiger partial charge in [-0.25, -0.2) is 8.42 Å². The molecule has 0 aromatic rings. The Balaban J connectivity index is 4.17. The molecule has 0 fully saturated rings. The van der Waals surface area contributed by atoms with Gasteiger partial charge in [0, 0.05) is 32.6 Å². The molecule has 0 unspecified atom stereocenters. The molecule has 6 nitrogen and oxygen atoms in total. The predicted octanol–water partition coefficient (Wildman–Crippen LogP) is -0.664. The molecule has 102 valence electrons. The van der Waals surface area contributed by atoms with Crippen molar-refractivity contribution < 1.29 is 13.2 Å². The first-order chi connectivity index (χ1) is 7.77. The Labute approximate surface area is 104 Å². The summed E-state index contributed by atoms with van der Waals surface area (Å²) in [5.74, 6) is -0.0638. The quantitative estimate of drug-likeness (QED) is 0.632. The van der Waals surface area contributed by atoms with Crippen LogP contribution in [0.4, 0.5) is 0 Å². The maximum absolute atomic E-state index is 11.5. The van der Waals surface area contributed by atoms with Crippen LogP contribution in [0.5, 0.6) is 0 Å². The van der Waals surface area contributed by atoms with Gasteiger partial charge in [-0.05, 0) is 14.1 Å². The summed E-state index contributed by atoms with van der Waals surface area (Å²) in [5.41, 5.74) is 0. The van der Waals surface area contributed by atoms with E-state index >= 15 is 0 Å². The van der Waals surface area contributed by atoms with Gasteiger partial charge in [-0.2, -0.15) is 4.31 Å². The van der Waals surface area contributed by atoms with Crippen molar-refractivity contribution in [1.82, 2.24) is 14.5 Å². The maximum Gasteiger partial charge on any atom is 0.219 e. The summed E-state index contributed by atoms with van der Waals surface area (Å²) in [4.78, 5) is 12.9. The first-order valence-electron chi connectivity index (χ1n) is 5.64. The Morgan fingerprint density at radius 1 is 1.18 bits per heavy atom. The van der Waals surface area contributed by atoms with E-state index in [-0.39, 0.29) is 5.91 Å². The lowest BCUT2D eigenvalue weighted by Gasteiger charge is -2.21. The van der Waals surface area contributed by atoms with Crippen LogP contribution in [-0.4, -0.2) is 70.1 Å². The van der Waals surface area contributed by atoms with E-state index in [9.17, 15) is 13.2 Å². The molecule has 7 heteroatoms. The summed E-state index contributed by atoms with van der Waals surface area (Å²) in [6.07, 6.45) is 1.60. The van der Waals surface area contributed by atoms with Crippen molar-refractivity contribution >= 4 is 15.9 Å². The molecule has 0 spiro atoms. The van der Waals surface area contributed by atoms with E-state index in [4.69, 9.17) is 0 Å². The van der Waals surface area contributed by atoms with Crippen molar-refractivity contribution in [3.63, 3.8) is 0 Å². The van der Waals surface area contributed by atoms with Crippen molar-refractivity contribution in [2.75, 3.05) is 46.5 Å². The smallest absolute Gasteiger partial charge is 0.219 e. The lowest BCUT2D eigenvalue weighted by molar-refractivity contribution is -0.120. The summed E-state index contributed by atoms with van der Waals surface area (Å²) in [7, 11) is 0.567. The number of carbonyl (C=O) groups excluding carboxylic acids is 1. The van der Waals surface area contributed by atoms with Crippen molar-refractivity contribution in [2.24, 2.45) is 0 Å². The first-order valence-corrected chi connectivity index (χ1v) is 7.48. The molecule has 1 N–H and O–H groups in total. The number of hydrogen-bond acceptors (Lipinski definition) is 4. The molecule has 17 heavy (non-hydrogen) atoms. The summed E-state index contributed by atoms with van der Waals surface area (Å²) in [5, 5.41) is 2.66. The Hall–Kier alpha value is -0.660. The number of nitrogens with zero attached hydrogens (tertiary/aromatic N) is 2. The number of hydrogen-bond donors (Lipinski definition) is 1. The molecule has 0 saturated heterocycles. The second-order valence-electron chi connectivity index (χ2n) is 4.17. The van der Waals surface area contributed by atoms with Crippen LogP contribution in [0, 0.1) is 0 Å². The van der Waals surface area contributed by atoms with Gasteiger partial charge in [0.1, 0.15) is 0 Å². The summed E-state index contributed by atoms with van der Waals surface area (Å²) < 4.78 is 24.3. The van der Waals surface area contributed by atoms with Gasteiger partial charge in [-0.3, -0.25) is 4.79 Å². The average molecular weight is 265 g/mol. The Morgan fingerprint density at radius 3 is 2.18 bits per heavy atom. The summed E-state index contributed by atoms with van der Waals surface area (Å²) in [6, 6.07) is 0. The Kier molecular flexibility index (Phi) is 7.33. The molecule has 0 aromatic heterocycles. The zero-order valence-electron chi connectivity index (χ0n) is 11.1. The molecule has 0 bridgehead atoms. The average Bonchev–Trinajstić information content (AvgIpc) is 2.20. The molecule has 0 saturated carbocycles. The van der Waals surface area contributed by atoms with Crippen molar-refractivity contribution in [3.05, 3.63) is 0 Å². The van der Waals surface area contributed by atoms with Crippen LogP contribution in [0.15, 0.2) is 0 Å². The molecule has 0 aliphatic rings. The van der Waals surface area contributed by atoms with Gasteiger partial charge < -0.3 is 10.2 Å². The normalized spacial score (nSPS) is 12.1. The van der Waals surface area contributed by atoms with E-state index in [1.165, 1.54) is 10.6 Å². The van der Waals surface area contributed by atoms with Crippen LogP contribution in [-0.2, 0) is 14.8 Å². The van der Waals surface area contributed by atoms with Gasteiger partial charge in [-0.15, -0.1) is 0 Å². The topological polar surface area (TPSA) is 69.7 Å². The van der Waals surface area contributed by atoms with Gasteiger partial charge >= 0.3 is 0 Å². The van der Waals surface area contributed by atoms with E-state index in [1.54, 1.807) is 6.92 Å². The third-order valence-electron chi connectivity index (χ3n) is 2.27. The molecule has 0 aliphatic carbocycles. The molecular weight excluding hydrogens is 242 g/mol. The van der Waals surface area contributed by atoms with Crippen LogP contribution in [0.25, 0.3) is 0 Å². The Morgan fingerprint density at radius 2 is 1.76 bits per heavy atom. The third kappa shape index (κ3) is 8.12. The van der Waals surface area contributed by atoms with Crippen LogP contribution in [0.1, 0.15) is 13.3 Å². The minimum atomic E-state index is -3.21. The van der Waals surface area contributed by atoms with Crippen LogP contribution in [0.2, 0.25) is 0 Å². The molecule has 0 aromatic carbocycles. The zero-order chi connectivity index (χ0) is 13.5. The van der Waals surface area contributed by atoms with E-state index in [1.807, 2.05) is 19.0 Å². The van der Waals surface area contributed by atoms with Crippen LogP contribution < -0.4 is 5.32 Å². The van der Waals surface area contributed by atoms with E-state index < -0.39 is 10.0 Å². The van der Waals surface area contributed by atoms with Gasteiger partial charge in [0.25, 0.3) is 0 Å². The largest absolute Gasteiger partial charge is 0.355 e. The van der Waals surface area contributed by atoms with Crippen molar-refractivity contribution in [2.45, 2.75) is 13.3 Å². The number of carbonyl (C=O) groups is 1. The standard InChI is InChI=1S/C10H23N3O3S/c1-5-10(14)11-6-7-13(17(4,15)16)9-8-12(2)3/h5-9H2,1-4H3,(H,11,14). The number of amides is 1. The van der Waals surface area contributed by atoms with Crippen molar-refractivity contribution in [3.8, 4) is 0 Å². The van der Waals surface area contributed by atoms with E-state index in [0.29, 0.717) is 32.6 Å². The monoisotopic (exact) mass is 265 g/mol. The maximum atomic E-state index is 11.5. The SMILES string of the molecule is CCC(=O)NCCN(CCN(C)C)S(C)(=O)=O. The number of sulfonamides is 1. The highest BCUT2D eigenvalue weighted by molar-refractivity contribution is 7.88. The second kappa shape index (κ2) is 7.62. The molecule has 1 amide bonds. The molecule has 0 aliphatic heterocycles. The fourth-order valence-electron chi connectivity index (χ4n) is 1.20. The van der Waals surface area contributed by atoms with Gasteiger partial charge in [-0.1, -0.05) is 6.92 Å². The number of rotatable bonds is 8. The van der Waals surface area contributed by atoms with Crippen molar-refractivity contribution in [1.29, 1.82) is 0 Å². The molecule has 0 atom stereocenters. The summed E-state index contributed by atoms with van der Waals surface area (Å²) in [6.45, 7) is 3.53. The van der Waals surface area contributed by atoms with Gasteiger partial charge in [0.2, 0.25) is 15.9 Å². The predicted molar refractivity (Wildman–Crippen MR) is 68.3 cm³/mol. The molecule has 0 rings (SSSR count). The lowest BCUT2D eigenvalue weighted by Crippen LogP contribution is -2.41. The zero-order valence-corrected chi connectivity index (χ0v) is 11.9. The molecule has 0 heterocycles. The fourth-order valence-corrected chi connectivity index (χ4v) is 2.04. The third-order valence-corrected chi connectivity index (χ3v) is 3.57. The Bertz CT molecular complexity index is 328. The highest BCUT2D eigenvalue weighted by Crippen LogP contribution is 1.97. The first kappa shape index (κ1) is 16.3. The molecular formula is C10H23N3O3S. The second-order valence-corrected chi connectivity index (χ2v) is 6.15. The fraction of sp³-hybridized carbons (Fsp3) is 0.900. The minimum Gasteiger partial charge on any atom is -0.355 e. The minimum absolute atomic E-state index is 0.0638. The van der Waals surface area contributed by atoms with E-state index in [0.717, 1.165) is 0 Å². The highest BCUT2D eigenvalue weighted by atomic mass is 32.2. The summed E-state index contributed by atoms with van der Waals surface area (Å²) >= 11 is 0.